The third-order valence-corrected chi connectivity index (χ3v) is 10.1. The number of fused-ring (bicyclic) bond motifs is 3. The number of alkyl halides is 2. The van der Waals surface area contributed by atoms with Gasteiger partial charge >= 0.3 is 18.6 Å². The fourth-order valence-electron chi connectivity index (χ4n) is 6.68. The van der Waals surface area contributed by atoms with Crippen molar-refractivity contribution < 1.29 is 46.7 Å². The second-order valence-corrected chi connectivity index (χ2v) is 13.5. The molecular formula is C38H37Cl2F3N3O6+. The average molecular weight is 760 g/mol. The molecule has 7 rings (SSSR count). The van der Waals surface area contributed by atoms with Crippen molar-refractivity contribution in [2.45, 2.75) is 50.7 Å². The first-order chi connectivity index (χ1) is 25.1. The van der Waals surface area contributed by atoms with Crippen LogP contribution in [0.3, 0.4) is 0 Å². The van der Waals surface area contributed by atoms with E-state index in [-0.39, 0.29) is 47.6 Å². The van der Waals surface area contributed by atoms with Crippen molar-refractivity contribution in [2.24, 2.45) is 5.92 Å². The predicted molar refractivity (Wildman–Crippen MR) is 186 cm³/mol. The number of hydrogen-bond acceptors (Lipinski definition) is 8. The largest absolute Gasteiger partial charge is 0.493 e. The molecule has 1 unspecified atom stereocenters. The van der Waals surface area contributed by atoms with E-state index in [1.54, 1.807) is 42.5 Å². The van der Waals surface area contributed by atoms with Crippen LogP contribution in [0.25, 0.3) is 0 Å². The Morgan fingerprint density at radius 1 is 0.981 bits per heavy atom. The summed E-state index contributed by atoms with van der Waals surface area (Å²) in [4.78, 5) is 32.4. The molecule has 0 spiro atoms. The van der Waals surface area contributed by atoms with Gasteiger partial charge in [0.25, 0.3) is 0 Å². The quantitative estimate of drug-likeness (QED) is 0.135. The van der Waals surface area contributed by atoms with E-state index in [0.29, 0.717) is 33.3 Å². The number of carbonyl (C=O) groups excluding carboxylic acids is 2. The highest BCUT2D eigenvalue weighted by Crippen LogP contribution is 2.36. The first-order valence-corrected chi connectivity index (χ1v) is 17.5. The molecule has 3 atom stereocenters. The average Bonchev–Trinajstić information content (AvgIpc) is 3.14. The van der Waals surface area contributed by atoms with Crippen LogP contribution in [0, 0.1) is 11.7 Å². The first-order valence-electron chi connectivity index (χ1n) is 16.8. The molecule has 3 aliphatic rings. The van der Waals surface area contributed by atoms with Gasteiger partial charge in [0.15, 0.2) is 23.9 Å². The lowest BCUT2D eigenvalue weighted by atomic mass is 9.86. The summed E-state index contributed by atoms with van der Waals surface area (Å²) in [5.74, 6) is -1.74. The summed E-state index contributed by atoms with van der Waals surface area (Å²) in [6.45, 7) is -0.362. The number of aromatic amines is 1. The number of hydrogen-bond donors (Lipinski definition) is 1. The van der Waals surface area contributed by atoms with E-state index in [4.69, 9.17) is 37.4 Å². The number of halogens is 5. The molecule has 274 valence electrons. The van der Waals surface area contributed by atoms with E-state index in [0.717, 1.165) is 25.9 Å². The molecule has 3 aliphatic heterocycles. The number of nitrogens with one attached hydrogen (secondary N) is 2. The highest BCUT2D eigenvalue weighted by molar-refractivity contribution is 6.35. The molecule has 3 saturated heterocycles. The van der Waals surface area contributed by atoms with E-state index in [1.165, 1.54) is 43.8 Å². The zero-order valence-electron chi connectivity index (χ0n) is 28.1. The summed E-state index contributed by atoms with van der Waals surface area (Å²) >= 11 is 12.9. The van der Waals surface area contributed by atoms with E-state index in [1.807, 2.05) is 0 Å². The molecule has 0 aliphatic carbocycles. The Balaban J connectivity index is 1.21. The van der Waals surface area contributed by atoms with Gasteiger partial charge in [0, 0.05) is 30.6 Å². The van der Waals surface area contributed by atoms with Crippen LogP contribution in [0.1, 0.15) is 57.6 Å². The van der Waals surface area contributed by atoms with Gasteiger partial charge in [-0.25, -0.2) is 19.0 Å². The molecular weight excluding hydrogens is 722 g/mol. The van der Waals surface area contributed by atoms with Gasteiger partial charge in [0.1, 0.15) is 34.1 Å². The molecule has 2 bridgehead atoms. The van der Waals surface area contributed by atoms with Crippen molar-refractivity contribution in [3.8, 4) is 11.5 Å². The fourth-order valence-corrected chi connectivity index (χ4v) is 7.21. The monoisotopic (exact) mass is 758 g/mol. The maximum atomic E-state index is 15.0. The maximum Gasteiger partial charge on any atom is 0.387 e. The number of rotatable bonds is 14. The Bertz CT molecular complexity index is 1870. The van der Waals surface area contributed by atoms with Crippen molar-refractivity contribution in [2.75, 3.05) is 26.7 Å². The number of pyridine rings is 1. The van der Waals surface area contributed by atoms with Crippen molar-refractivity contribution in [3.63, 3.8) is 0 Å². The third-order valence-electron chi connectivity index (χ3n) is 9.40. The number of carbonyl (C=O) groups is 2. The topological polar surface area (TPSA) is 100 Å². The van der Waals surface area contributed by atoms with Crippen LogP contribution in [0.2, 0.25) is 10.0 Å². The van der Waals surface area contributed by atoms with Crippen molar-refractivity contribution in [1.82, 2.24) is 10.2 Å². The number of ether oxygens (including phenoxy) is 4. The minimum atomic E-state index is -3.08. The number of benzene rings is 3. The minimum Gasteiger partial charge on any atom is -0.493 e. The van der Waals surface area contributed by atoms with Crippen LogP contribution in [0.5, 0.6) is 11.5 Å². The number of methoxy groups -OCH3 is 1. The molecule has 0 radical (unpaired) electrons. The summed E-state index contributed by atoms with van der Waals surface area (Å²) in [5, 5.41) is 3.73. The van der Waals surface area contributed by atoms with Gasteiger partial charge in [-0.2, -0.15) is 8.78 Å². The molecule has 4 aromatic rings. The SMILES string of the molecule is COc1cc([C@H](Cc2c(Cl)c[nH+]cc2Cl)OC(=O)c2cccc(CNC(C(=O)O[C@H]3CN4CCC3CC4)c3ccccc3F)c2)ccc1OC(F)F. The summed E-state index contributed by atoms with van der Waals surface area (Å²) in [6.07, 6.45) is 3.74. The third kappa shape index (κ3) is 8.98. The Hall–Kier alpha value is -4.36. The number of aromatic nitrogens is 1. The molecule has 4 heterocycles. The predicted octanol–water partition coefficient (Wildman–Crippen LogP) is 7.17. The normalized spacial score (nSPS) is 19.2. The maximum absolute atomic E-state index is 15.0. The smallest absolute Gasteiger partial charge is 0.387 e. The minimum absolute atomic E-state index is 0.00180. The summed E-state index contributed by atoms with van der Waals surface area (Å²) in [5.41, 5.74) is 1.84. The zero-order chi connectivity index (χ0) is 36.8. The van der Waals surface area contributed by atoms with E-state index >= 15 is 4.39 Å². The second kappa shape index (κ2) is 17.0. The van der Waals surface area contributed by atoms with Crippen molar-refractivity contribution >= 4 is 35.1 Å². The van der Waals surface area contributed by atoms with Gasteiger partial charge in [-0.15, -0.1) is 0 Å². The standard InChI is InChI=1S/C38H36Cl2F3N3O6/c1-49-33-16-24(9-10-31(33)52-38(42)43)32(17-27-28(39)19-44-20-29(27)40)50-36(47)25-6-4-5-22(15-25)18-45-35(26-7-2-3-8-30(26)41)37(48)51-34-21-46-13-11-23(34)12-14-46/h2-10,15-16,19-20,23,32,34-35,38,45H,11-14,17-18,21H2,1H3/p+1/t32-,34-,35?/m0/s1. The van der Waals surface area contributed by atoms with Crippen molar-refractivity contribution in [3.05, 3.63) is 123 Å². The number of nitrogens with zero attached hydrogens (tertiary/aromatic N) is 1. The van der Waals surface area contributed by atoms with Crippen LogP contribution in [0.4, 0.5) is 13.2 Å². The van der Waals surface area contributed by atoms with Crippen molar-refractivity contribution in [1.29, 1.82) is 0 Å². The van der Waals surface area contributed by atoms with Gasteiger partial charge in [0.2, 0.25) is 0 Å². The van der Waals surface area contributed by atoms with Gasteiger partial charge in [-0.05, 0) is 73.3 Å². The van der Waals surface area contributed by atoms with Crippen LogP contribution in [-0.2, 0) is 27.2 Å². The summed E-state index contributed by atoms with van der Waals surface area (Å²) < 4.78 is 62.9. The van der Waals surface area contributed by atoms with Gasteiger partial charge < -0.3 is 18.9 Å². The molecule has 0 amide bonds. The zero-order valence-corrected chi connectivity index (χ0v) is 29.6. The molecule has 14 heteroatoms. The lowest BCUT2D eigenvalue weighted by molar-refractivity contribution is -0.377. The highest BCUT2D eigenvalue weighted by Gasteiger charge is 2.38. The van der Waals surface area contributed by atoms with E-state index < -0.39 is 36.5 Å². The van der Waals surface area contributed by atoms with E-state index in [9.17, 15) is 18.4 Å². The molecule has 3 aromatic carbocycles. The number of H-pyrrole nitrogens is 1. The Morgan fingerprint density at radius 3 is 2.40 bits per heavy atom. The molecule has 52 heavy (non-hydrogen) atoms. The highest BCUT2D eigenvalue weighted by atomic mass is 35.5. The van der Waals surface area contributed by atoms with Crippen LogP contribution in [-0.4, -0.2) is 56.3 Å². The summed E-state index contributed by atoms with van der Waals surface area (Å²) in [6, 6.07) is 15.7. The van der Waals surface area contributed by atoms with Crippen LogP contribution >= 0.6 is 23.2 Å². The van der Waals surface area contributed by atoms with E-state index in [2.05, 4.69) is 19.9 Å². The molecule has 9 nitrogen and oxygen atoms in total. The number of esters is 2. The molecule has 2 N–H and O–H groups in total. The van der Waals surface area contributed by atoms with Crippen LogP contribution in [0.15, 0.2) is 79.1 Å². The fraction of sp³-hybridized carbons (Fsp3) is 0.342. The lowest BCUT2D eigenvalue weighted by Crippen LogP contribution is -2.52. The Morgan fingerprint density at radius 2 is 1.73 bits per heavy atom. The molecule has 1 aromatic heterocycles. The Kier molecular flexibility index (Phi) is 12.2. The number of piperidine rings is 3. The second-order valence-electron chi connectivity index (χ2n) is 12.7. The van der Waals surface area contributed by atoms with Gasteiger partial charge in [-0.1, -0.05) is 59.6 Å². The first kappa shape index (κ1) is 37.4. The lowest BCUT2D eigenvalue weighted by Gasteiger charge is -2.44. The Labute approximate surface area is 308 Å². The van der Waals surface area contributed by atoms with Crippen LogP contribution < -0.4 is 19.8 Å². The van der Waals surface area contributed by atoms with Gasteiger partial charge in [-0.3, -0.25) is 10.2 Å². The van der Waals surface area contributed by atoms with Gasteiger partial charge in [0.05, 0.1) is 12.7 Å². The summed E-state index contributed by atoms with van der Waals surface area (Å²) in [7, 11) is 1.30. The molecule has 3 fully saturated rings. The molecule has 0 saturated carbocycles.